The summed E-state index contributed by atoms with van der Waals surface area (Å²) in [6.45, 7) is 2.74. The molecule has 0 saturated heterocycles. The van der Waals surface area contributed by atoms with Gasteiger partial charge in [-0.3, -0.25) is 5.01 Å². The van der Waals surface area contributed by atoms with Gasteiger partial charge in [-0.25, -0.2) is 14.8 Å². The van der Waals surface area contributed by atoms with Crippen LogP contribution in [-0.2, 0) is 4.79 Å². The highest BCUT2D eigenvalue weighted by Gasteiger charge is 2.56. The number of aromatic nitrogens is 1. The minimum Gasteiger partial charge on any atom is -0.478 e. The lowest BCUT2D eigenvalue weighted by Gasteiger charge is -2.39. The van der Waals surface area contributed by atoms with E-state index in [1.807, 2.05) is 0 Å². The van der Waals surface area contributed by atoms with Crippen LogP contribution < -0.4 is 0 Å². The molecule has 1 aromatic rings. The molecule has 1 atom stereocenters. The summed E-state index contributed by atoms with van der Waals surface area (Å²) in [5, 5.41) is 11.8. The SMILES string of the molecule is CC1=CC(c2ccc(C)nc2F)=NC2=C(C(=O)O)CN([C@H](C3CC3)C(F)(F)F)N12. The quantitative estimate of drug-likeness (QED) is 0.609. The van der Waals surface area contributed by atoms with Gasteiger partial charge in [0.25, 0.3) is 0 Å². The first-order valence-electron chi connectivity index (χ1n) is 9.08. The van der Waals surface area contributed by atoms with Crippen molar-refractivity contribution in [2.45, 2.75) is 38.9 Å². The van der Waals surface area contributed by atoms with Crippen molar-refractivity contribution in [3.8, 4) is 0 Å². The maximum absolute atomic E-state index is 14.3. The summed E-state index contributed by atoms with van der Waals surface area (Å²) in [4.78, 5) is 19.7. The molecule has 6 nitrogen and oxygen atoms in total. The normalized spacial score (nSPS) is 21.1. The highest BCUT2D eigenvalue weighted by molar-refractivity contribution is 6.10. The highest BCUT2D eigenvalue weighted by atomic mass is 19.4. The van der Waals surface area contributed by atoms with E-state index in [0.29, 0.717) is 24.2 Å². The Labute approximate surface area is 163 Å². The second kappa shape index (κ2) is 6.65. The van der Waals surface area contributed by atoms with Crippen LogP contribution in [-0.4, -0.2) is 50.6 Å². The van der Waals surface area contributed by atoms with Crippen LogP contribution in [0.15, 0.2) is 40.3 Å². The molecule has 3 aliphatic rings. The molecule has 0 amide bonds. The van der Waals surface area contributed by atoms with Gasteiger partial charge in [-0.2, -0.15) is 22.6 Å². The maximum Gasteiger partial charge on any atom is 0.406 e. The minimum atomic E-state index is -4.52. The van der Waals surface area contributed by atoms with Gasteiger partial charge in [0.1, 0.15) is 6.04 Å². The van der Waals surface area contributed by atoms with Crippen LogP contribution in [0.25, 0.3) is 0 Å². The van der Waals surface area contributed by atoms with E-state index in [9.17, 15) is 27.5 Å². The number of carboxylic acids is 1. The molecular formula is C19H18F4N4O2. The van der Waals surface area contributed by atoms with Crippen LogP contribution in [0, 0.1) is 18.8 Å². The number of hydrazine groups is 1. The fourth-order valence-electron chi connectivity index (χ4n) is 3.77. The third-order valence-corrected chi connectivity index (χ3v) is 5.20. The smallest absolute Gasteiger partial charge is 0.406 e. The van der Waals surface area contributed by atoms with Crippen molar-refractivity contribution < 1.29 is 27.5 Å². The standard InChI is InChI=1S/C19H18F4N4O2/c1-9-3-6-12(16(20)24-9)14-7-10(2)27-17(25-14)13(18(28)29)8-26(27)15(11-4-5-11)19(21,22)23/h3,6-7,11,15H,4-5,8H2,1-2H3,(H,28,29)/t15-/m1/s1. The number of hydrogen-bond acceptors (Lipinski definition) is 5. The molecule has 29 heavy (non-hydrogen) atoms. The summed E-state index contributed by atoms with van der Waals surface area (Å²) in [6.07, 6.45) is -2.21. The molecule has 1 N–H and O–H groups in total. The highest BCUT2D eigenvalue weighted by Crippen LogP contribution is 2.47. The van der Waals surface area contributed by atoms with Crippen molar-refractivity contribution in [2.75, 3.05) is 6.54 Å². The predicted molar refractivity (Wildman–Crippen MR) is 95.0 cm³/mol. The van der Waals surface area contributed by atoms with E-state index in [1.165, 1.54) is 17.2 Å². The van der Waals surface area contributed by atoms with Gasteiger partial charge in [0, 0.05) is 11.4 Å². The van der Waals surface area contributed by atoms with Crippen LogP contribution in [0.4, 0.5) is 17.6 Å². The third kappa shape index (κ3) is 3.41. The van der Waals surface area contributed by atoms with Crippen molar-refractivity contribution in [3.63, 3.8) is 0 Å². The molecule has 1 fully saturated rings. The zero-order valence-electron chi connectivity index (χ0n) is 15.7. The number of aryl methyl sites for hydroxylation is 1. The van der Waals surface area contributed by atoms with Gasteiger partial charge in [0.2, 0.25) is 5.95 Å². The van der Waals surface area contributed by atoms with Crippen LogP contribution >= 0.6 is 0 Å². The Hall–Kier alpha value is -2.75. The Kier molecular flexibility index (Phi) is 4.49. The van der Waals surface area contributed by atoms with Gasteiger partial charge in [0.05, 0.1) is 23.4 Å². The second-order valence-corrected chi connectivity index (χ2v) is 7.41. The number of pyridine rings is 1. The van der Waals surface area contributed by atoms with Gasteiger partial charge in [-0.15, -0.1) is 0 Å². The summed E-state index contributed by atoms with van der Waals surface area (Å²) in [7, 11) is 0. The van der Waals surface area contributed by atoms with Crippen LogP contribution in [0.2, 0.25) is 0 Å². The van der Waals surface area contributed by atoms with Crippen LogP contribution in [0.5, 0.6) is 0 Å². The van der Waals surface area contributed by atoms with E-state index < -0.39 is 36.6 Å². The number of carboxylic acid groups (broad SMARTS) is 1. The van der Waals surface area contributed by atoms with E-state index in [4.69, 9.17) is 0 Å². The van der Waals surface area contributed by atoms with Gasteiger partial charge in [-0.1, -0.05) is 0 Å². The molecule has 1 saturated carbocycles. The number of nitrogens with zero attached hydrogens (tertiary/aromatic N) is 4. The number of alkyl halides is 3. The lowest BCUT2D eigenvalue weighted by atomic mass is 10.1. The number of halogens is 4. The monoisotopic (exact) mass is 410 g/mol. The molecule has 0 aromatic carbocycles. The molecule has 0 radical (unpaired) electrons. The van der Waals surface area contributed by atoms with Crippen molar-refractivity contribution in [1.29, 1.82) is 0 Å². The second-order valence-electron chi connectivity index (χ2n) is 7.41. The van der Waals surface area contributed by atoms with Crippen LogP contribution in [0.1, 0.15) is 31.0 Å². The molecule has 3 heterocycles. The summed E-state index contributed by atoms with van der Waals surface area (Å²) in [5.41, 5.74) is 0.704. The number of carbonyl (C=O) groups is 1. The Morgan fingerprint density at radius 3 is 2.52 bits per heavy atom. The van der Waals surface area contributed by atoms with Crippen molar-refractivity contribution in [3.05, 3.63) is 52.5 Å². The van der Waals surface area contributed by atoms with E-state index >= 15 is 0 Å². The topological polar surface area (TPSA) is 69.0 Å². The van der Waals surface area contributed by atoms with Crippen molar-refractivity contribution >= 4 is 11.7 Å². The van der Waals surface area contributed by atoms with Gasteiger partial charge in [-0.05, 0) is 50.8 Å². The molecule has 0 bridgehead atoms. The fourth-order valence-corrected chi connectivity index (χ4v) is 3.77. The summed E-state index contributed by atoms with van der Waals surface area (Å²) < 4.78 is 55.6. The summed E-state index contributed by atoms with van der Waals surface area (Å²) in [5.74, 6) is -2.84. The number of aliphatic imine (C=N–C) groups is 1. The number of hydrogen-bond donors (Lipinski definition) is 1. The summed E-state index contributed by atoms with van der Waals surface area (Å²) >= 11 is 0. The first-order valence-corrected chi connectivity index (χ1v) is 9.08. The fraction of sp³-hybridized carbons (Fsp3) is 0.421. The number of rotatable bonds is 4. The van der Waals surface area contributed by atoms with E-state index in [2.05, 4.69) is 9.98 Å². The maximum atomic E-state index is 14.3. The minimum absolute atomic E-state index is 0.0554. The Morgan fingerprint density at radius 1 is 1.28 bits per heavy atom. The molecular weight excluding hydrogens is 392 g/mol. The Bertz CT molecular complexity index is 979. The van der Waals surface area contributed by atoms with Gasteiger partial charge >= 0.3 is 12.1 Å². The molecule has 1 aromatic heterocycles. The summed E-state index contributed by atoms with van der Waals surface area (Å²) in [6, 6.07) is 1.25. The predicted octanol–water partition coefficient (Wildman–Crippen LogP) is 3.41. The number of fused-ring (bicyclic) bond motifs is 1. The van der Waals surface area contributed by atoms with Gasteiger partial charge in [0.15, 0.2) is 5.82 Å². The molecule has 154 valence electrons. The average Bonchev–Trinajstić information content (AvgIpc) is 3.33. The first-order chi connectivity index (χ1) is 13.6. The Balaban J connectivity index is 1.79. The molecule has 2 aliphatic heterocycles. The largest absolute Gasteiger partial charge is 0.478 e. The van der Waals surface area contributed by atoms with Crippen molar-refractivity contribution in [1.82, 2.24) is 15.0 Å². The number of allylic oxidation sites excluding steroid dienone is 2. The average molecular weight is 410 g/mol. The molecule has 1 aliphatic carbocycles. The van der Waals surface area contributed by atoms with E-state index in [-0.39, 0.29) is 22.7 Å². The Morgan fingerprint density at radius 2 is 1.97 bits per heavy atom. The zero-order chi connectivity index (χ0) is 21.1. The molecule has 10 heteroatoms. The van der Waals surface area contributed by atoms with Crippen molar-refractivity contribution in [2.24, 2.45) is 10.9 Å². The van der Waals surface area contributed by atoms with Crippen LogP contribution in [0.3, 0.4) is 0 Å². The molecule has 0 spiro atoms. The molecule has 0 unspecified atom stereocenters. The lowest BCUT2D eigenvalue weighted by Crippen LogP contribution is -2.52. The van der Waals surface area contributed by atoms with E-state index in [0.717, 1.165) is 5.01 Å². The first kappa shape index (κ1) is 19.6. The zero-order valence-corrected chi connectivity index (χ0v) is 15.7. The number of aliphatic carboxylic acids is 1. The lowest BCUT2D eigenvalue weighted by molar-refractivity contribution is -0.212. The van der Waals surface area contributed by atoms with Gasteiger partial charge < -0.3 is 5.11 Å². The third-order valence-electron chi connectivity index (χ3n) is 5.20. The van der Waals surface area contributed by atoms with E-state index in [1.54, 1.807) is 19.9 Å². The molecule has 4 rings (SSSR count).